The lowest BCUT2D eigenvalue weighted by molar-refractivity contribution is 0.492. The van der Waals surface area contributed by atoms with Crippen molar-refractivity contribution < 1.29 is 4.21 Å². The van der Waals surface area contributed by atoms with Gasteiger partial charge in [0.1, 0.15) is 0 Å². The topological polar surface area (TPSA) is 29.1 Å². The molecule has 0 spiro atoms. The Hall–Kier alpha value is -0.670. The van der Waals surface area contributed by atoms with E-state index in [2.05, 4.69) is 45.1 Å². The standard InChI is InChI=1S/C16H25NOS/c1-5-7-14-16(17-8-6-2)13-9-11(3)12(4)10-15(13)19(14)18/h9-10,14,16-17H,5-8H2,1-4H3. The molecule has 1 heterocycles. The van der Waals surface area contributed by atoms with Gasteiger partial charge < -0.3 is 5.32 Å². The fourth-order valence-corrected chi connectivity index (χ4v) is 4.79. The van der Waals surface area contributed by atoms with Crippen LogP contribution in [0.1, 0.15) is 55.8 Å². The molecule has 0 amide bonds. The Bertz CT molecular complexity index is 484. The Kier molecular flexibility index (Phi) is 4.80. The summed E-state index contributed by atoms with van der Waals surface area (Å²) in [5, 5.41) is 3.85. The first kappa shape index (κ1) is 14.7. The second-order valence-electron chi connectivity index (χ2n) is 5.53. The summed E-state index contributed by atoms with van der Waals surface area (Å²) in [6.07, 6.45) is 3.23. The van der Waals surface area contributed by atoms with Crippen molar-refractivity contribution in [3.05, 3.63) is 28.8 Å². The highest BCUT2D eigenvalue weighted by atomic mass is 32.2. The van der Waals surface area contributed by atoms with Gasteiger partial charge in [-0.2, -0.15) is 0 Å². The van der Waals surface area contributed by atoms with Crippen LogP contribution in [0.3, 0.4) is 0 Å². The normalized spacial score (nSPS) is 25.6. The Morgan fingerprint density at radius 1 is 1.16 bits per heavy atom. The van der Waals surface area contributed by atoms with Gasteiger partial charge in [-0.1, -0.05) is 26.3 Å². The molecule has 0 aromatic heterocycles. The summed E-state index contributed by atoms with van der Waals surface area (Å²) in [6.45, 7) is 9.59. The Balaban J connectivity index is 2.40. The Morgan fingerprint density at radius 2 is 1.84 bits per heavy atom. The van der Waals surface area contributed by atoms with Crippen molar-refractivity contribution in [1.82, 2.24) is 5.32 Å². The van der Waals surface area contributed by atoms with Crippen LogP contribution < -0.4 is 5.32 Å². The fraction of sp³-hybridized carbons (Fsp3) is 0.625. The zero-order valence-electron chi connectivity index (χ0n) is 12.5. The van der Waals surface area contributed by atoms with Crippen molar-refractivity contribution in [2.45, 2.75) is 63.1 Å². The summed E-state index contributed by atoms with van der Waals surface area (Å²) in [4.78, 5) is 1.06. The lowest BCUT2D eigenvalue weighted by Gasteiger charge is -2.20. The predicted octanol–water partition coefficient (Wildman–Crippen LogP) is 3.63. The number of rotatable bonds is 5. The maximum Gasteiger partial charge on any atom is 0.0590 e. The lowest BCUT2D eigenvalue weighted by Crippen LogP contribution is -2.30. The molecule has 1 aromatic rings. The van der Waals surface area contributed by atoms with Gasteiger partial charge in [0.2, 0.25) is 0 Å². The number of nitrogens with one attached hydrogen (secondary N) is 1. The smallest absolute Gasteiger partial charge is 0.0590 e. The van der Waals surface area contributed by atoms with Gasteiger partial charge in [0.05, 0.1) is 16.0 Å². The molecular formula is C16H25NOS. The minimum atomic E-state index is -0.850. The van der Waals surface area contributed by atoms with Gasteiger partial charge in [-0.3, -0.25) is 4.21 Å². The van der Waals surface area contributed by atoms with E-state index in [0.29, 0.717) is 0 Å². The van der Waals surface area contributed by atoms with Gasteiger partial charge >= 0.3 is 0 Å². The van der Waals surface area contributed by atoms with Gasteiger partial charge in [-0.05, 0) is 56.0 Å². The van der Waals surface area contributed by atoms with Crippen molar-refractivity contribution in [3.8, 4) is 0 Å². The van der Waals surface area contributed by atoms with Crippen LogP contribution in [0.2, 0.25) is 0 Å². The third-order valence-electron chi connectivity index (χ3n) is 4.01. The molecule has 0 radical (unpaired) electrons. The van der Waals surface area contributed by atoms with Crippen molar-refractivity contribution >= 4 is 10.8 Å². The summed E-state index contributed by atoms with van der Waals surface area (Å²) < 4.78 is 12.7. The largest absolute Gasteiger partial charge is 0.309 e. The molecule has 1 aromatic carbocycles. The molecule has 2 rings (SSSR count). The van der Waals surface area contributed by atoms with Gasteiger partial charge in [0.15, 0.2) is 0 Å². The molecule has 0 saturated heterocycles. The maximum atomic E-state index is 12.7. The number of fused-ring (bicyclic) bond motifs is 1. The van der Waals surface area contributed by atoms with E-state index in [1.165, 1.54) is 16.7 Å². The van der Waals surface area contributed by atoms with Crippen molar-refractivity contribution in [1.29, 1.82) is 0 Å². The highest BCUT2D eigenvalue weighted by molar-refractivity contribution is 7.86. The minimum Gasteiger partial charge on any atom is -0.309 e. The van der Waals surface area contributed by atoms with E-state index in [1.807, 2.05) is 0 Å². The van der Waals surface area contributed by atoms with Crippen LogP contribution in [0.5, 0.6) is 0 Å². The van der Waals surface area contributed by atoms with E-state index >= 15 is 0 Å². The maximum absolute atomic E-state index is 12.7. The molecule has 1 aliphatic heterocycles. The number of benzene rings is 1. The minimum absolute atomic E-state index is 0.243. The van der Waals surface area contributed by atoms with Crippen LogP contribution >= 0.6 is 0 Å². The van der Waals surface area contributed by atoms with E-state index in [4.69, 9.17) is 0 Å². The summed E-state index contributed by atoms with van der Waals surface area (Å²) in [5.41, 5.74) is 3.82. The van der Waals surface area contributed by atoms with Crippen molar-refractivity contribution in [2.24, 2.45) is 0 Å². The molecule has 0 bridgehead atoms. The summed E-state index contributed by atoms with van der Waals surface area (Å²) in [6, 6.07) is 4.65. The molecule has 0 aliphatic carbocycles. The van der Waals surface area contributed by atoms with Crippen LogP contribution in [0.15, 0.2) is 17.0 Å². The van der Waals surface area contributed by atoms with E-state index in [0.717, 1.165) is 30.7 Å². The molecule has 19 heavy (non-hydrogen) atoms. The van der Waals surface area contributed by atoms with E-state index in [1.54, 1.807) is 0 Å². The average Bonchev–Trinajstić information content (AvgIpc) is 2.62. The van der Waals surface area contributed by atoms with Gasteiger partial charge in [0, 0.05) is 10.9 Å². The lowest BCUT2D eigenvalue weighted by atomic mass is 9.97. The molecule has 3 atom stereocenters. The molecule has 1 aliphatic rings. The Labute approximate surface area is 119 Å². The van der Waals surface area contributed by atoms with Crippen molar-refractivity contribution in [3.63, 3.8) is 0 Å². The fourth-order valence-electron chi connectivity index (χ4n) is 2.82. The SMILES string of the molecule is CCCNC1c2cc(C)c(C)cc2S(=O)C1CCC. The zero-order chi connectivity index (χ0) is 14.0. The Morgan fingerprint density at radius 3 is 2.47 bits per heavy atom. The molecule has 1 N–H and O–H groups in total. The second kappa shape index (κ2) is 6.19. The van der Waals surface area contributed by atoms with Crippen LogP contribution in [-0.2, 0) is 10.8 Å². The monoisotopic (exact) mass is 279 g/mol. The number of aryl methyl sites for hydroxylation is 2. The first-order valence-electron chi connectivity index (χ1n) is 7.35. The van der Waals surface area contributed by atoms with Crippen LogP contribution in [0.25, 0.3) is 0 Å². The van der Waals surface area contributed by atoms with E-state index < -0.39 is 10.8 Å². The first-order valence-corrected chi connectivity index (χ1v) is 8.56. The quantitative estimate of drug-likeness (QED) is 0.891. The first-order chi connectivity index (χ1) is 9.10. The van der Waals surface area contributed by atoms with E-state index in [-0.39, 0.29) is 11.3 Å². The zero-order valence-corrected chi connectivity index (χ0v) is 13.3. The summed E-state index contributed by atoms with van der Waals surface area (Å²) in [7, 11) is -0.850. The highest BCUT2D eigenvalue weighted by Gasteiger charge is 2.37. The molecule has 2 nitrogen and oxygen atoms in total. The third kappa shape index (κ3) is 2.77. The van der Waals surface area contributed by atoms with Gasteiger partial charge in [-0.25, -0.2) is 0 Å². The number of hydrogen-bond acceptors (Lipinski definition) is 2. The summed E-state index contributed by atoms with van der Waals surface area (Å²) >= 11 is 0. The van der Waals surface area contributed by atoms with Gasteiger partial charge in [-0.15, -0.1) is 0 Å². The average molecular weight is 279 g/mol. The van der Waals surface area contributed by atoms with Crippen LogP contribution in [0.4, 0.5) is 0 Å². The van der Waals surface area contributed by atoms with E-state index in [9.17, 15) is 4.21 Å². The third-order valence-corrected chi connectivity index (χ3v) is 5.86. The molecule has 3 unspecified atom stereocenters. The van der Waals surface area contributed by atoms with Crippen molar-refractivity contribution in [2.75, 3.05) is 6.54 Å². The van der Waals surface area contributed by atoms with Crippen LogP contribution in [0, 0.1) is 13.8 Å². The summed E-state index contributed by atoms with van der Waals surface area (Å²) in [5.74, 6) is 0. The second-order valence-corrected chi connectivity index (χ2v) is 7.17. The predicted molar refractivity (Wildman–Crippen MR) is 82.1 cm³/mol. The molecular weight excluding hydrogens is 254 g/mol. The molecule has 0 fully saturated rings. The molecule has 3 heteroatoms. The van der Waals surface area contributed by atoms with Gasteiger partial charge in [0.25, 0.3) is 0 Å². The number of hydrogen-bond donors (Lipinski definition) is 1. The van der Waals surface area contributed by atoms with Crippen LogP contribution in [-0.4, -0.2) is 16.0 Å². The molecule has 0 saturated carbocycles. The molecule has 106 valence electrons. The highest BCUT2D eigenvalue weighted by Crippen LogP contribution is 2.39.